The Morgan fingerprint density at radius 1 is 1.29 bits per heavy atom. The Balaban J connectivity index is 2.55. The molecule has 17 heavy (non-hydrogen) atoms. The molecule has 0 saturated heterocycles. The molecule has 0 spiro atoms. The van der Waals surface area contributed by atoms with Crippen molar-refractivity contribution in [2.24, 2.45) is 0 Å². The van der Waals surface area contributed by atoms with Gasteiger partial charge in [0.15, 0.2) is 0 Å². The molecule has 0 aliphatic carbocycles. The van der Waals surface area contributed by atoms with Crippen molar-refractivity contribution in [2.45, 2.75) is 26.7 Å². The fraction of sp³-hybridized carbons (Fsp3) is 0.600. The monoisotopic (exact) mass is 238 g/mol. The highest BCUT2D eigenvalue weighted by Gasteiger charge is 2.07. The van der Waals surface area contributed by atoms with Gasteiger partial charge in [-0.25, -0.2) is 0 Å². The number of nitrogen functional groups attached to an aromatic ring is 1. The fourth-order valence-electron chi connectivity index (χ4n) is 1.16. The van der Waals surface area contributed by atoms with Crippen LogP contribution in [0.2, 0.25) is 0 Å². The second-order valence-corrected chi connectivity index (χ2v) is 3.94. The second-order valence-electron chi connectivity index (χ2n) is 3.94. The molecule has 4 N–H and O–H groups in total. The number of carbonyl (C=O) groups excluding carboxylic acids is 1. The molecule has 0 radical (unpaired) electrons. The Kier molecular flexibility index (Phi) is 4.62. The summed E-state index contributed by atoms with van der Waals surface area (Å²) in [6.07, 6.45) is 0. The topological polar surface area (TPSA) is 106 Å². The number of carbonyl (C=O) groups is 1. The third-order valence-corrected chi connectivity index (χ3v) is 1.97. The smallest absolute Gasteiger partial charge is 0.227 e. The van der Waals surface area contributed by atoms with Gasteiger partial charge in [0.05, 0.1) is 0 Å². The highest BCUT2D eigenvalue weighted by Crippen LogP contribution is 2.11. The van der Waals surface area contributed by atoms with Gasteiger partial charge in [-0.05, 0) is 0 Å². The molecule has 0 atom stereocenters. The molecule has 1 rings (SSSR count). The molecule has 1 aromatic rings. The van der Waals surface area contributed by atoms with Gasteiger partial charge >= 0.3 is 0 Å². The molecule has 0 aliphatic heterocycles. The van der Waals surface area contributed by atoms with E-state index in [1.807, 2.05) is 13.8 Å². The van der Waals surface area contributed by atoms with Gasteiger partial charge in [0, 0.05) is 25.9 Å². The minimum Gasteiger partial charge on any atom is -0.368 e. The van der Waals surface area contributed by atoms with E-state index < -0.39 is 0 Å². The molecule has 94 valence electrons. The van der Waals surface area contributed by atoms with Gasteiger partial charge in [-0.3, -0.25) is 4.79 Å². The van der Waals surface area contributed by atoms with Crippen LogP contribution < -0.4 is 16.4 Å². The summed E-state index contributed by atoms with van der Waals surface area (Å²) in [6, 6.07) is 0. The molecule has 0 aliphatic rings. The van der Waals surface area contributed by atoms with Crippen molar-refractivity contribution in [3.63, 3.8) is 0 Å². The summed E-state index contributed by atoms with van der Waals surface area (Å²) in [5.74, 6) is 1.41. The number of anilines is 2. The van der Waals surface area contributed by atoms with Crippen LogP contribution in [0.15, 0.2) is 0 Å². The SMILES string of the molecule is CC(=O)NCCNc1nc(N)nc(C(C)C)n1. The van der Waals surface area contributed by atoms with Crippen LogP contribution in [0.25, 0.3) is 0 Å². The predicted molar refractivity (Wildman–Crippen MR) is 65.5 cm³/mol. The van der Waals surface area contributed by atoms with E-state index in [1.54, 1.807) is 0 Å². The van der Waals surface area contributed by atoms with Crippen molar-refractivity contribution in [3.05, 3.63) is 5.82 Å². The maximum absolute atomic E-state index is 10.7. The first-order chi connectivity index (χ1) is 7.99. The van der Waals surface area contributed by atoms with Crippen LogP contribution in [0, 0.1) is 0 Å². The quantitative estimate of drug-likeness (QED) is 0.629. The van der Waals surface area contributed by atoms with E-state index in [4.69, 9.17) is 5.73 Å². The molecule has 7 nitrogen and oxygen atoms in total. The van der Waals surface area contributed by atoms with Crippen molar-refractivity contribution in [1.82, 2.24) is 20.3 Å². The van der Waals surface area contributed by atoms with Crippen molar-refractivity contribution in [3.8, 4) is 0 Å². The van der Waals surface area contributed by atoms with Gasteiger partial charge in [-0.2, -0.15) is 15.0 Å². The van der Waals surface area contributed by atoms with Crippen LogP contribution in [-0.4, -0.2) is 33.9 Å². The molecule has 0 saturated carbocycles. The first kappa shape index (κ1) is 13.1. The Morgan fingerprint density at radius 2 is 2.00 bits per heavy atom. The molecule has 1 amide bonds. The van der Waals surface area contributed by atoms with E-state index in [1.165, 1.54) is 6.92 Å². The lowest BCUT2D eigenvalue weighted by Crippen LogP contribution is -2.27. The third-order valence-electron chi connectivity index (χ3n) is 1.97. The Labute approximate surface area is 100 Å². The maximum Gasteiger partial charge on any atom is 0.227 e. The zero-order valence-electron chi connectivity index (χ0n) is 10.3. The lowest BCUT2D eigenvalue weighted by Gasteiger charge is -2.08. The van der Waals surface area contributed by atoms with Crippen LogP contribution >= 0.6 is 0 Å². The van der Waals surface area contributed by atoms with Gasteiger partial charge in [0.1, 0.15) is 5.82 Å². The van der Waals surface area contributed by atoms with Crippen molar-refractivity contribution in [2.75, 3.05) is 24.1 Å². The van der Waals surface area contributed by atoms with Crippen LogP contribution in [-0.2, 0) is 4.79 Å². The average molecular weight is 238 g/mol. The molecule has 7 heteroatoms. The largest absolute Gasteiger partial charge is 0.368 e. The highest BCUT2D eigenvalue weighted by molar-refractivity contribution is 5.72. The number of nitrogens with zero attached hydrogens (tertiary/aromatic N) is 3. The summed E-state index contributed by atoms with van der Waals surface area (Å²) in [5, 5.41) is 5.64. The van der Waals surface area contributed by atoms with E-state index in [9.17, 15) is 4.79 Å². The van der Waals surface area contributed by atoms with E-state index in [0.29, 0.717) is 24.9 Å². The summed E-state index contributed by atoms with van der Waals surface area (Å²) in [5.41, 5.74) is 5.58. The Bertz CT molecular complexity index is 392. The Morgan fingerprint density at radius 3 is 2.59 bits per heavy atom. The first-order valence-corrected chi connectivity index (χ1v) is 5.48. The number of nitrogens with two attached hydrogens (primary N) is 1. The van der Waals surface area contributed by atoms with Crippen molar-refractivity contribution in [1.29, 1.82) is 0 Å². The minimum absolute atomic E-state index is 0.0650. The summed E-state index contributed by atoms with van der Waals surface area (Å²) >= 11 is 0. The van der Waals surface area contributed by atoms with Gasteiger partial charge < -0.3 is 16.4 Å². The molecule has 1 heterocycles. The lowest BCUT2D eigenvalue weighted by molar-refractivity contribution is -0.118. The molecule has 0 unspecified atom stereocenters. The van der Waals surface area contributed by atoms with E-state index in [0.717, 1.165) is 0 Å². The number of aromatic nitrogens is 3. The van der Waals surface area contributed by atoms with Gasteiger partial charge in [0.2, 0.25) is 17.8 Å². The summed E-state index contributed by atoms with van der Waals surface area (Å²) in [7, 11) is 0. The number of rotatable bonds is 5. The number of hydrogen-bond acceptors (Lipinski definition) is 6. The molecule has 0 aromatic carbocycles. The number of hydrogen-bond donors (Lipinski definition) is 3. The summed E-state index contributed by atoms with van der Waals surface area (Å²) in [6.45, 7) is 6.49. The van der Waals surface area contributed by atoms with E-state index in [-0.39, 0.29) is 17.8 Å². The first-order valence-electron chi connectivity index (χ1n) is 5.48. The van der Waals surface area contributed by atoms with Gasteiger partial charge in [0.25, 0.3) is 0 Å². The van der Waals surface area contributed by atoms with E-state index in [2.05, 4.69) is 25.6 Å². The Hall–Kier alpha value is -1.92. The zero-order chi connectivity index (χ0) is 12.8. The predicted octanol–water partition coefficient (Wildman–Crippen LogP) is 0.125. The molecule has 1 aromatic heterocycles. The second kappa shape index (κ2) is 5.97. The minimum atomic E-state index is -0.0650. The lowest BCUT2D eigenvalue weighted by atomic mass is 10.2. The van der Waals surface area contributed by atoms with Gasteiger partial charge in [-0.1, -0.05) is 13.8 Å². The van der Waals surface area contributed by atoms with Crippen molar-refractivity contribution >= 4 is 17.8 Å². The van der Waals surface area contributed by atoms with Crippen LogP contribution in [0.1, 0.15) is 32.5 Å². The zero-order valence-corrected chi connectivity index (χ0v) is 10.3. The maximum atomic E-state index is 10.7. The van der Waals surface area contributed by atoms with E-state index >= 15 is 0 Å². The van der Waals surface area contributed by atoms with Crippen LogP contribution in [0.5, 0.6) is 0 Å². The van der Waals surface area contributed by atoms with Gasteiger partial charge in [-0.15, -0.1) is 0 Å². The van der Waals surface area contributed by atoms with Crippen LogP contribution in [0.3, 0.4) is 0 Å². The summed E-state index contributed by atoms with van der Waals surface area (Å²) < 4.78 is 0. The molecular formula is C10H18N6O. The molecular weight excluding hydrogens is 220 g/mol. The fourth-order valence-corrected chi connectivity index (χ4v) is 1.16. The normalized spacial score (nSPS) is 10.4. The third kappa shape index (κ3) is 4.62. The number of amides is 1. The van der Waals surface area contributed by atoms with Crippen molar-refractivity contribution < 1.29 is 4.79 Å². The summed E-state index contributed by atoms with van der Waals surface area (Å²) in [4.78, 5) is 22.9. The van der Waals surface area contributed by atoms with Crippen LogP contribution in [0.4, 0.5) is 11.9 Å². The average Bonchev–Trinajstić information content (AvgIpc) is 2.23. The highest BCUT2D eigenvalue weighted by atomic mass is 16.1. The number of nitrogens with one attached hydrogen (secondary N) is 2. The standard InChI is InChI=1S/C10H18N6O/c1-6(2)8-14-9(11)16-10(15-8)13-5-4-12-7(3)17/h6H,4-5H2,1-3H3,(H,12,17)(H3,11,13,14,15,16). The molecule has 0 bridgehead atoms. The molecule has 0 fully saturated rings.